The summed E-state index contributed by atoms with van der Waals surface area (Å²) in [4.78, 5) is 12.8. The van der Waals surface area contributed by atoms with Gasteiger partial charge in [-0.1, -0.05) is 45.0 Å². The van der Waals surface area contributed by atoms with Crippen LogP contribution in [0.5, 0.6) is 0 Å². The molecule has 29 heavy (non-hydrogen) atoms. The molecule has 158 valence electrons. The molecule has 2 aromatic rings. The molecule has 2 rings (SSSR count). The molecule has 0 unspecified atom stereocenters. The maximum Gasteiger partial charge on any atom is 0.244 e. The topological polar surface area (TPSA) is 66.5 Å². The van der Waals surface area contributed by atoms with Gasteiger partial charge < -0.3 is 5.32 Å². The number of halogens is 1. The SMILES string of the molecule is C[C@H](NC(=O)[C@H](C)N(c1ccc(F)cc1)S(C)(=O)=O)c1ccc(C(C)(C)C)cc1. The summed E-state index contributed by atoms with van der Waals surface area (Å²) in [5, 5.41) is 2.87. The molecule has 0 aromatic heterocycles. The van der Waals surface area contributed by atoms with Crippen LogP contribution in [0.4, 0.5) is 10.1 Å². The lowest BCUT2D eigenvalue weighted by Gasteiger charge is -2.29. The minimum absolute atomic E-state index is 0.0324. The van der Waals surface area contributed by atoms with Crippen LogP contribution >= 0.6 is 0 Å². The van der Waals surface area contributed by atoms with Crippen LogP contribution in [-0.2, 0) is 20.2 Å². The summed E-state index contributed by atoms with van der Waals surface area (Å²) in [6.07, 6.45) is 1.02. The van der Waals surface area contributed by atoms with Gasteiger partial charge in [0.25, 0.3) is 0 Å². The van der Waals surface area contributed by atoms with Gasteiger partial charge in [-0.05, 0) is 54.7 Å². The minimum atomic E-state index is -3.75. The van der Waals surface area contributed by atoms with Crippen molar-refractivity contribution in [1.29, 1.82) is 0 Å². The van der Waals surface area contributed by atoms with Crippen molar-refractivity contribution in [3.63, 3.8) is 0 Å². The van der Waals surface area contributed by atoms with Crippen molar-refractivity contribution in [1.82, 2.24) is 5.32 Å². The van der Waals surface area contributed by atoms with Crippen molar-refractivity contribution >= 4 is 21.6 Å². The van der Waals surface area contributed by atoms with E-state index < -0.39 is 27.8 Å². The fourth-order valence-electron chi connectivity index (χ4n) is 3.09. The molecule has 0 saturated heterocycles. The Kier molecular flexibility index (Phi) is 6.73. The van der Waals surface area contributed by atoms with Gasteiger partial charge in [-0.3, -0.25) is 9.10 Å². The Morgan fingerprint density at radius 1 is 1.00 bits per heavy atom. The highest BCUT2D eigenvalue weighted by atomic mass is 32.2. The van der Waals surface area contributed by atoms with Crippen molar-refractivity contribution in [3.05, 3.63) is 65.5 Å². The first-order valence-electron chi connectivity index (χ1n) is 9.46. The van der Waals surface area contributed by atoms with E-state index in [2.05, 4.69) is 26.1 Å². The first kappa shape index (κ1) is 22.9. The van der Waals surface area contributed by atoms with Crippen LogP contribution in [0.3, 0.4) is 0 Å². The van der Waals surface area contributed by atoms with E-state index in [0.29, 0.717) is 0 Å². The van der Waals surface area contributed by atoms with Crippen molar-refractivity contribution < 1.29 is 17.6 Å². The normalized spacial score (nSPS) is 14.2. The molecule has 0 fully saturated rings. The molecule has 1 amide bonds. The number of rotatable bonds is 6. The summed E-state index contributed by atoms with van der Waals surface area (Å²) in [6, 6.07) is 11.7. The van der Waals surface area contributed by atoms with Gasteiger partial charge in [-0.2, -0.15) is 0 Å². The van der Waals surface area contributed by atoms with Gasteiger partial charge in [0.05, 0.1) is 18.0 Å². The van der Waals surface area contributed by atoms with E-state index in [9.17, 15) is 17.6 Å². The first-order valence-corrected chi connectivity index (χ1v) is 11.3. The van der Waals surface area contributed by atoms with E-state index >= 15 is 0 Å². The number of amides is 1. The standard InChI is InChI=1S/C22H29FN2O3S/c1-15(17-7-9-18(10-8-17)22(3,4)5)24-21(26)16(2)25(29(6,27)28)20-13-11-19(23)12-14-20/h7-16H,1-6H3,(H,24,26)/t15-,16-/m0/s1. The molecule has 0 bridgehead atoms. The minimum Gasteiger partial charge on any atom is -0.348 e. The smallest absolute Gasteiger partial charge is 0.244 e. The number of nitrogens with one attached hydrogen (secondary N) is 1. The zero-order valence-electron chi connectivity index (χ0n) is 17.7. The fourth-order valence-corrected chi connectivity index (χ4v) is 4.26. The Bertz CT molecular complexity index is 949. The van der Waals surface area contributed by atoms with E-state index in [1.165, 1.54) is 24.6 Å². The quantitative estimate of drug-likeness (QED) is 0.763. The maximum absolute atomic E-state index is 13.2. The number of anilines is 1. The third-order valence-electron chi connectivity index (χ3n) is 4.81. The molecule has 0 aliphatic carbocycles. The van der Waals surface area contributed by atoms with Crippen LogP contribution in [0.2, 0.25) is 0 Å². The second-order valence-electron chi connectivity index (χ2n) is 8.31. The van der Waals surface area contributed by atoms with Crippen molar-refractivity contribution in [2.75, 3.05) is 10.6 Å². The Morgan fingerprint density at radius 2 is 1.52 bits per heavy atom. The van der Waals surface area contributed by atoms with Crippen LogP contribution in [0.1, 0.15) is 51.8 Å². The van der Waals surface area contributed by atoms with E-state index in [1.54, 1.807) is 0 Å². The van der Waals surface area contributed by atoms with Gasteiger partial charge in [-0.25, -0.2) is 12.8 Å². The summed E-state index contributed by atoms with van der Waals surface area (Å²) >= 11 is 0. The van der Waals surface area contributed by atoms with Gasteiger partial charge in [0, 0.05) is 0 Å². The summed E-state index contributed by atoms with van der Waals surface area (Å²) < 4.78 is 38.8. The predicted octanol–water partition coefficient (Wildman–Crippen LogP) is 4.16. The van der Waals surface area contributed by atoms with Gasteiger partial charge >= 0.3 is 0 Å². The number of hydrogen-bond donors (Lipinski definition) is 1. The Hall–Kier alpha value is -2.41. The third-order valence-corrected chi connectivity index (χ3v) is 6.05. The van der Waals surface area contributed by atoms with Crippen LogP contribution in [0.15, 0.2) is 48.5 Å². The van der Waals surface area contributed by atoms with E-state index in [0.717, 1.165) is 28.3 Å². The van der Waals surface area contributed by atoms with Crippen LogP contribution < -0.4 is 9.62 Å². The zero-order valence-corrected chi connectivity index (χ0v) is 18.5. The van der Waals surface area contributed by atoms with Gasteiger partial charge in [0.1, 0.15) is 11.9 Å². The Morgan fingerprint density at radius 3 is 1.97 bits per heavy atom. The average molecular weight is 421 g/mol. The Labute approximate surface area is 173 Å². The van der Waals surface area contributed by atoms with Crippen molar-refractivity contribution in [2.24, 2.45) is 0 Å². The number of sulfonamides is 1. The van der Waals surface area contributed by atoms with Gasteiger partial charge in [0.2, 0.25) is 15.9 Å². The summed E-state index contributed by atoms with van der Waals surface area (Å²) in [5.74, 6) is -0.918. The van der Waals surface area contributed by atoms with Crippen LogP contribution in [0, 0.1) is 5.82 Å². The second kappa shape index (κ2) is 8.53. The van der Waals surface area contributed by atoms with Gasteiger partial charge in [0.15, 0.2) is 0 Å². The third kappa shape index (κ3) is 5.79. The second-order valence-corrected chi connectivity index (χ2v) is 10.2. The molecule has 7 heteroatoms. The molecular weight excluding hydrogens is 391 g/mol. The molecule has 5 nitrogen and oxygen atoms in total. The lowest BCUT2D eigenvalue weighted by molar-refractivity contribution is -0.122. The maximum atomic E-state index is 13.2. The molecular formula is C22H29FN2O3S. The molecule has 0 radical (unpaired) electrons. The van der Waals surface area contributed by atoms with Crippen molar-refractivity contribution in [2.45, 2.75) is 52.1 Å². The average Bonchev–Trinajstić information content (AvgIpc) is 2.61. The predicted molar refractivity (Wildman–Crippen MR) is 115 cm³/mol. The molecule has 2 aromatic carbocycles. The number of carbonyl (C=O) groups excluding carboxylic acids is 1. The zero-order chi connectivity index (χ0) is 22.0. The number of carbonyl (C=O) groups is 1. The monoisotopic (exact) mass is 420 g/mol. The van der Waals surface area contributed by atoms with E-state index in [1.807, 2.05) is 31.2 Å². The summed E-state index contributed by atoms with van der Waals surface area (Å²) in [5.41, 5.74) is 2.38. The number of benzene rings is 2. The van der Waals surface area contributed by atoms with Crippen LogP contribution in [0.25, 0.3) is 0 Å². The number of nitrogens with zero attached hydrogens (tertiary/aromatic N) is 1. The molecule has 2 atom stereocenters. The van der Waals surface area contributed by atoms with E-state index in [4.69, 9.17) is 0 Å². The lowest BCUT2D eigenvalue weighted by Crippen LogP contribution is -2.48. The van der Waals surface area contributed by atoms with Gasteiger partial charge in [-0.15, -0.1) is 0 Å². The van der Waals surface area contributed by atoms with Crippen molar-refractivity contribution in [3.8, 4) is 0 Å². The van der Waals surface area contributed by atoms with Crippen LogP contribution in [-0.4, -0.2) is 26.6 Å². The molecule has 0 aliphatic heterocycles. The lowest BCUT2D eigenvalue weighted by atomic mass is 9.86. The molecule has 1 N–H and O–H groups in total. The molecule has 0 heterocycles. The highest BCUT2D eigenvalue weighted by molar-refractivity contribution is 7.92. The van der Waals surface area contributed by atoms with E-state index in [-0.39, 0.29) is 17.1 Å². The highest BCUT2D eigenvalue weighted by Crippen LogP contribution is 2.25. The fraction of sp³-hybridized carbons (Fsp3) is 0.409. The summed E-state index contributed by atoms with van der Waals surface area (Å²) in [6.45, 7) is 9.74. The molecule has 0 saturated carbocycles. The highest BCUT2D eigenvalue weighted by Gasteiger charge is 2.30. The Balaban J connectivity index is 2.19. The number of hydrogen-bond acceptors (Lipinski definition) is 3. The largest absolute Gasteiger partial charge is 0.348 e. The summed E-state index contributed by atoms with van der Waals surface area (Å²) in [7, 11) is -3.75. The molecule has 0 spiro atoms. The molecule has 0 aliphatic rings. The first-order chi connectivity index (χ1) is 13.3.